The Morgan fingerprint density at radius 3 is 3.06 bits per heavy atom. The third-order valence-electron chi connectivity index (χ3n) is 3.25. The molecule has 0 radical (unpaired) electrons. The van der Waals surface area contributed by atoms with Gasteiger partial charge in [0.1, 0.15) is 12.1 Å². The maximum absolute atomic E-state index is 4.35. The van der Waals surface area contributed by atoms with E-state index in [0.717, 1.165) is 31.0 Å². The lowest BCUT2D eigenvalue weighted by Crippen LogP contribution is -2.44. The minimum absolute atomic E-state index is 0.563. The molecule has 1 N–H and O–H groups in total. The number of hydrogen-bond donors (Lipinski definition) is 1. The van der Waals surface area contributed by atoms with Crippen LogP contribution in [-0.4, -0.2) is 36.1 Å². The molecule has 1 fully saturated rings. The van der Waals surface area contributed by atoms with Gasteiger partial charge in [-0.15, -0.1) is 0 Å². The summed E-state index contributed by atoms with van der Waals surface area (Å²) in [5, 5.41) is 3.43. The van der Waals surface area contributed by atoms with E-state index in [1.807, 2.05) is 0 Å². The van der Waals surface area contributed by atoms with Crippen molar-refractivity contribution < 1.29 is 0 Å². The molecule has 4 heteroatoms. The molecule has 1 aliphatic heterocycles. The summed E-state index contributed by atoms with van der Waals surface area (Å²) < 4.78 is 0. The van der Waals surface area contributed by atoms with Gasteiger partial charge in [0, 0.05) is 31.4 Å². The van der Waals surface area contributed by atoms with Crippen molar-refractivity contribution in [2.45, 2.75) is 32.2 Å². The number of likely N-dealkylation sites (N-methyl/N-ethyl adjacent to an activating group) is 1. The minimum atomic E-state index is 0.563. The predicted octanol–water partition coefficient (Wildman–Crippen LogP) is 1.23. The molecule has 0 spiro atoms. The van der Waals surface area contributed by atoms with Crippen LogP contribution in [0.3, 0.4) is 0 Å². The number of aryl methyl sites for hydroxylation is 1. The number of aromatic nitrogens is 2. The number of nitrogens with zero attached hydrogens (tertiary/aromatic N) is 3. The van der Waals surface area contributed by atoms with Gasteiger partial charge in [-0.25, -0.2) is 9.97 Å². The van der Waals surface area contributed by atoms with Gasteiger partial charge in [-0.1, -0.05) is 6.92 Å². The first-order valence-corrected chi connectivity index (χ1v) is 6.05. The molecular weight excluding hydrogens is 200 g/mol. The first-order valence-electron chi connectivity index (χ1n) is 6.05. The molecule has 1 aliphatic rings. The van der Waals surface area contributed by atoms with Crippen molar-refractivity contribution in [2.24, 2.45) is 0 Å². The molecule has 4 nitrogen and oxygen atoms in total. The maximum Gasteiger partial charge on any atom is 0.132 e. The Bertz CT molecular complexity index is 334. The summed E-state index contributed by atoms with van der Waals surface area (Å²) in [4.78, 5) is 10.9. The maximum atomic E-state index is 4.35. The molecule has 16 heavy (non-hydrogen) atoms. The highest BCUT2D eigenvalue weighted by atomic mass is 15.2. The Morgan fingerprint density at radius 2 is 2.38 bits per heavy atom. The first-order chi connectivity index (χ1) is 7.81. The van der Waals surface area contributed by atoms with Crippen molar-refractivity contribution in [3.05, 3.63) is 18.1 Å². The summed E-state index contributed by atoms with van der Waals surface area (Å²) in [6, 6.07) is 2.66. The molecule has 1 unspecified atom stereocenters. The monoisotopic (exact) mass is 220 g/mol. The van der Waals surface area contributed by atoms with Gasteiger partial charge in [-0.3, -0.25) is 0 Å². The third kappa shape index (κ3) is 2.50. The highest BCUT2D eigenvalue weighted by Gasteiger charge is 2.18. The van der Waals surface area contributed by atoms with Gasteiger partial charge in [0.15, 0.2) is 0 Å². The minimum Gasteiger partial charge on any atom is -0.355 e. The Hall–Kier alpha value is -1.16. The van der Waals surface area contributed by atoms with Gasteiger partial charge in [-0.05, 0) is 25.8 Å². The predicted molar refractivity (Wildman–Crippen MR) is 65.7 cm³/mol. The van der Waals surface area contributed by atoms with Gasteiger partial charge < -0.3 is 10.2 Å². The number of hydrogen-bond acceptors (Lipinski definition) is 4. The molecule has 1 saturated heterocycles. The SMILES string of the molecule is CCc1cc(N(C)C2CCCNC2)ncn1. The molecular formula is C12H20N4. The van der Waals surface area contributed by atoms with Crippen LogP contribution in [0.15, 0.2) is 12.4 Å². The lowest BCUT2D eigenvalue weighted by molar-refractivity contribution is 0.443. The smallest absolute Gasteiger partial charge is 0.132 e. The Balaban J connectivity index is 2.09. The summed E-state index contributed by atoms with van der Waals surface area (Å²) in [5.74, 6) is 1.04. The van der Waals surface area contributed by atoms with Crippen LogP contribution in [0, 0.1) is 0 Å². The van der Waals surface area contributed by atoms with Gasteiger partial charge in [0.2, 0.25) is 0 Å². The van der Waals surface area contributed by atoms with Crippen LogP contribution in [0.5, 0.6) is 0 Å². The fourth-order valence-electron chi connectivity index (χ4n) is 2.12. The van der Waals surface area contributed by atoms with Crippen molar-refractivity contribution in [3.8, 4) is 0 Å². The lowest BCUT2D eigenvalue weighted by Gasteiger charge is -2.32. The van der Waals surface area contributed by atoms with E-state index >= 15 is 0 Å². The second-order valence-electron chi connectivity index (χ2n) is 4.33. The van der Waals surface area contributed by atoms with Crippen LogP contribution < -0.4 is 10.2 Å². The molecule has 1 atom stereocenters. The highest BCUT2D eigenvalue weighted by molar-refractivity contribution is 5.39. The molecule has 0 amide bonds. The molecule has 2 heterocycles. The molecule has 0 saturated carbocycles. The van der Waals surface area contributed by atoms with Crippen LogP contribution in [0.1, 0.15) is 25.5 Å². The average molecular weight is 220 g/mol. The first kappa shape index (κ1) is 11.3. The number of rotatable bonds is 3. The molecule has 0 aromatic carbocycles. The largest absolute Gasteiger partial charge is 0.355 e. The molecule has 0 bridgehead atoms. The van der Waals surface area contributed by atoms with Gasteiger partial charge in [0.25, 0.3) is 0 Å². The van der Waals surface area contributed by atoms with E-state index in [9.17, 15) is 0 Å². The van der Waals surface area contributed by atoms with E-state index < -0.39 is 0 Å². The van der Waals surface area contributed by atoms with Crippen molar-refractivity contribution >= 4 is 5.82 Å². The molecule has 88 valence electrons. The summed E-state index contributed by atoms with van der Waals surface area (Å²) in [6.07, 6.45) is 5.13. The Labute approximate surface area is 97.1 Å². The van der Waals surface area contributed by atoms with Crippen molar-refractivity contribution in [3.63, 3.8) is 0 Å². The van der Waals surface area contributed by atoms with E-state index in [1.54, 1.807) is 6.33 Å². The van der Waals surface area contributed by atoms with Gasteiger partial charge >= 0.3 is 0 Å². The van der Waals surface area contributed by atoms with E-state index in [0.29, 0.717) is 6.04 Å². The normalized spacial score (nSPS) is 20.8. The number of anilines is 1. The Kier molecular flexibility index (Phi) is 3.72. The zero-order chi connectivity index (χ0) is 11.4. The standard InChI is InChI=1S/C12H20N4/c1-3-10-7-12(15-9-14-10)16(2)11-5-4-6-13-8-11/h7,9,11,13H,3-6,8H2,1-2H3. The van der Waals surface area contributed by atoms with Gasteiger partial charge in [-0.2, -0.15) is 0 Å². The third-order valence-corrected chi connectivity index (χ3v) is 3.25. The fourth-order valence-corrected chi connectivity index (χ4v) is 2.12. The zero-order valence-corrected chi connectivity index (χ0v) is 10.1. The van der Waals surface area contributed by atoms with E-state index in [-0.39, 0.29) is 0 Å². The van der Waals surface area contributed by atoms with Crippen LogP contribution in [-0.2, 0) is 6.42 Å². The van der Waals surface area contributed by atoms with Crippen LogP contribution >= 0.6 is 0 Å². The topological polar surface area (TPSA) is 41.0 Å². The van der Waals surface area contributed by atoms with E-state index in [2.05, 4.69) is 40.2 Å². The molecule has 1 aromatic rings. The van der Waals surface area contributed by atoms with E-state index in [1.165, 1.54) is 12.8 Å². The average Bonchev–Trinajstić information content (AvgIpc) is 2.39. The van der Waals surface area contributed by atoms with Crippen LogP contribution in [0.4, 0.5) is 5.82 Å². The van der Waals surface area contributed by atoms with Crippen molar-refractivity contribution in [1.29, 1.82) is 0 Å². The quantitative estimate of drug-likeness (QED) is 0.832. The van der Waals surface area contributed by atoms with Crippen molar-refractivity contribution in [1.82, 2.24) is 15.3 Å². The Morgan fingerprint density at radius 1 is 1.50 bits per heavy atom. The van der Waals surface area contributed by atoms with E-state index in [4.69, 9.17) is 0 Å². The lowest BCUT2D eigenvalue weighted by atomic mass is 10.1. The second-order valence-corrected chi connectivity index (χ2v) is 4.33. The molecule has 2 rings (SSSR count). The zero-order valence-electron chi connectivity index (χ0n) is 10.1. The summed E-state index contributed by atoms with van der Waals surface area (Å²) in [6.45, 7) is 4.32. The van der Waals surface area contributed by atoms with Crippen LogP contribution in [0.25, 0.3) is 0 Å². The fraction of sp³-hybridized carbons (Fsp3) is 0.667. The van der Waals surface area contributed by atoms with Crippen LogP contribution in [0.2, 0.25) is 0 Å². The number of piperidine rings is 1. The highest BCUT2D eigenvalue weighted by Crippen LogP contribution is 2.16. The second kappa shape index (κ2) is 5.25. The molecule has 1 aromatic heterocycles. The number of nitrogens with one attached hydrogen (secondary N) is 1. The summed E-state index contributed by atoms with van der Waals surface area (Å²) >= 11 is 0. The molecule has 0 aliphatic carbocycles. The van der Waals surface area contributed by atoms with Gasteiger partial charge in [0.05, 0.1) is 0 Å². The summed E-state index contributed by atoms with van der Waals surface area (Å²) in [7, 11) is 2.12. The van der Waals surface area contributed by atoms with Crippen molar-refractivity contribution in [2.75, 3.05) is 25.0 Å². The summed E-state index contributed by atoms with van der Waals surface area (Å²) in [5.41, 5.74) is 1.11.